The van der Waals surface area contributed by atoms with Crippen LogP contribution in [0, 0.1) is 13.8 Å². The van der Waals surface area contributed by atoms with Gasteiger partial charge in [0.15, 0.2) is 5.89 Å². The van der Waals surface area contributed by atoms with Crippen LogP contribution in [-0.4, -0.2) is 34.4 Å². The summed E-state index contributed by atoms with van der Waals surface area (Å²) in [5.74, 6) is 0.847. The van der Waals surface area contributed by atoms with Crippen molar-refractivity contribution in [1.29, 1.82) is 0 Å². The number of aryl methyl sites for hydroxylation is 3. The molecule has 2 rings (SSSR count). The van der Waals surface area contributed by atoms with E-state index in [1.54, 1.807) is 30.2 Å². The van der Waals surface area contributed by atoms with E-state index in [4.69, 9.17) is 4.42 Å². The molecule has 2 aromatic heterocycles. The molecule has 20 heavy (non-hydrogen) atoms. The first-order chi connectivity index (χ1) is 9.52. The van der Waals surface area contributed by atoms with Gasteiger partial charge in [0.2, 0.25) is 5.76 Å². The van der Waals surface area contributed by atoms with Crippen molar-refractivity contribution in [3.63, 3.8) is 0 Å². The monoisotopic (exact) mass is 293 g/mol. The summed E-state index contributed by atoms with van der Waals surface area (Å²) in [6.45, 7) is 6.39. The van der Waals surface area contributed by atoms with Crippen molar-refractivity contribution in [2.45, 2.75) is 33.6 Å². The molecule has 0 unspecified atom stereocenters. The second-order valence-electron chi connectivity index (χ2n) is 4.71. The summed E-state index contributed by atoms with van der Waals surface area (Å²) < 4.78 is 5.50. The summed E-state index contributed by atoms with van der Waals surface area (Å²) in [6.07, 6.45) is 1.50. The Morgan fingerprint density at radius 1 is 1.40 bits per heavy atom. The number of hydrogen-bond donors (Lipinski definition) is 0. The topological polar surface area (TPSA) is 59.2 Å². The van der Waals surface area contributed by atoms with Crippen LogP contribution in [0.2, 0.25) is 0 Å². The normalized spacial score (nSPS) is 10.8. The smallest absolute Gasteiger partial charge is 0.291 e. The molecule has 5 nitrogen and oxygen atoms in total. The van der Waals surface area contributed by atoms with E-state index in [2.05, 4.69) is 9.97 Å². The lowest BCUT2D eigenvalue weighted by molar-refractivity contribution is 0.0762. The quantitative estimate of drug-likeness (QED) is 0.850. The van der Waals surface area contributed by atoms with Crippen molar-refractivity contribution < 1.29 is 9.21 Å². The molecule has 0 aliphatic rings. The maximum absolute atomic E-state index is 12.3. The highest BCUT2D eigenvalue weighted by Crippen LogP contribution is 2.15. The minimum Gasteiger partial charge on any atom is -0.435 e. The van der Waals surface area contributed by atoms with Gasteiger partial charge >= 0.3 is 0 Å². The van der Waals surface area contributed by atoms with Crippen LogP contribution in [0.25, 0.3) is 0 Å². The lowest BCUT2D eigenvalue weighted by atomic mass is 10.2. The highest BCUT2D eigenvalue weighted by Gasteiger charge is 2.20. The Morgan fingerprint density at radius 3 is 2.70 bits per heavy atom. The number of likely N-dealkylation sites (N-methyl/N-ethyl adjacent to an activating group) is 1. The number of oxazole rings is 1. The molecule has 0 aliphatic carbocycles. The van der Waals surface area contributed by atoms with Crippen molar-refractivity contribution in [2.75, 3.05) is 13.6 Å². The van der Waals surface area contributed by atoms with Crippen LogP contribution in [-0.2, 0) is 12.8 Å². The molecular formula is C14H19N3O2S. The molecule has 0 saturated carbocycles. The number of hydrogen-bond acceptors (Lipinski definition) is 5. The first-order valence-electron chi connectivity index (χ1n) is 6.63. The van der Waals surface area contributed by atoms with Gasteiger partial charge in [-0.1, -0.05) is 6.92 Å². The van der Waals surface area contributed by atoms with Gasteiger partial charge in [-0.15, -0.1) is 11.3 Å². The van der Waals surface area contributed by atoms with E-state index < -0.39 is 0 Å². The van der Waals surface area contributed by atoms with Crippen molar-refractivity contribution in [3.8, 4) is 0 Å². The van der Waals surface area contributed by atoms with Gasteiger partial charge in [-0.2, -0.15) is 0 Å². The number of thiazole rings is 1. The van der Waals surface area contributed by atoms with Crippen molar-refractivity contribution in [1.82, 2.24) is 14.9 Å². The van der Waals surface area contributed by atoms with E-state index in [0.29, 0.717) is 30.3 Å². The van der Waals surface area contributed by atoms with Crippen LogP contribution < -0.4 is 0 Å². The van der Waals surface area contributed by atoms with Gasteiger partial charge in [0, 0.05) is 31.3 Å². The predicted molar refractivity (Wildman–Crippen MR) is 78.1 cm³/mol. The molecule has 0 N–H and O–H groups in total. The fourth-order valence-electron chi connectivity index (χ4n) is 1.91. The Hall–Kier alpha value is -1.69. The van der Waals surface area contributed by atoms with E-state index in [1.165, 1.54) is 4.88 Å². The van der Waals surface area contributed by atoms with Crippen LogP contribution in [0.3, 0.4) is 0 Å². The maximum atomic E-state index is 12.3. The third kappa shape index (κ3) is 3.07. The zero-order chi connectivity index (χ0) is 14.7. The van der Waals surface area contributed by atoms with Gasteiger partial charge in [0.1, 0.15) is 0 Å². The second kappa shape index (κ2) is 6.17. The van der Waals surface area contributed by atoms with Gasteiger partial charge in [0.05, 0.1) is 16.9 Å². The Balaban J connectivity index is 2.01. The summed E-state index contributed by atoms with van der Waals surface area (Å²) in [4.78, 5) is 23.7. The first-order valence-corrected chi connectivity index (χ1v) is 7.51. The molecule has 0 saturated heterocycles. The van der Waals surface area contributed by atoms with Crippen molar-refractivity contribution in [2.24, 2.45) is 0 Å². The lowest BCUT2D eigenvalue weighted by Gasteiger charge is -2.15. The number of rotatable bonds is 5. The average Bonchev–Trinajstić information content (AvgIpc) is 3.01. The molecule has 108 valence electrons. The predicted octanol–water partition coefficient (Wildman–Crippen LogP) is 2.63. The third-order valence-electron chi connectivity index (χ3n) is 3.20. The van der Waals surface area contributed by atoms with Gasteiger partial charge in [-0.05, 0) is 13.8 Å². The Bertz CT molecular complexity index is 603. The largest absolute Gasteiger partial charge is 0.435 e. The molecule has 0 fully saturated rings. The number of aromatic nitrogens is 2. The first kappa shape index (κ1) is 14.7. The molecule has 1 amide bonds. The molecule has 0 radical (unpaired) electrons. The second-order valence-corrected chi connectivity index (χ2v) is 5.65. The highest BCUT2D eigenvalue weighted by molar-refractivity contribution is 7.09. The van der Waals surface area contributed by atoms with Crippen LogP contribution in [0.4, 0.5) is 0 Å². The fraction of sp³-hybridized carbons (Fsp3) is 0.500. The molecule has 0 atom stereocenters. The third-order valence-corrected chi connectivity index (χ3v) is 4.20. The van der Waals surface area contributed by atoms with Crippen molar-refractivity contribution >= 4 is 17.2 Å². The van der Waals surface area contributed by atoms with E-state index in [-0.39, 0.29) is 5.91 Å². The molecule has 0 aliphatic heterocycles. The van der Waals surface area contributed by atoms with Gasteiger partial charge in [-0.25, -0.2) is 9.97 Å². The molecule has 2 aromatic rings. The lowest BCUT2D eigenvalue weighted by Crippen LogP contribution is -2.29. The number of amides is 1. The summed E-state index contributed by atoms with van der Waals surface area (Å²) in [5.41, 5.74) is 3.54. The molecule has 0 aromatic carbocycles. The molecule has 0 spiro atoms. The summed E-state index contributed by atoms with van der Waals surface area (Å²) >= 11 is 1.63. The van der Waals surface area contributed by atoms with E-state index in [9.17, 15) is 4.79 Å². The maximum Gasteiger partial charge on any atom is 0.291 e. The van der Waals surface area contributed by atoms with Crippen LogP contribution in [0.5, 0.6) is 0 Å². The Morgan fingerprint density at radius 2 is 2.15 bits per heavy atom. The van der Waals surface area contributed by atoms with Gasteiger partial charge < -0.3 is 9.32 Å². The molecular weight excluding hydrogens is 274 g/mol. The summed E-state index contributed by atoms with van der Waals surface area (Å²) in [7, 11) is 1.78. The number of nitrogens with zero attached hydrogens (tertiary/aromatic N) is 3. The van der Waals surface area contributed by atoms with Crippen LogP contribution in [0.1, 0.15) is 39.6 Å². The summed E-state index contributed by atoms with van der Waals surface area (Å²) in [5, 5.41) is 0. The van der Waals surface area contributed by atoms with E-state index >= 15 is 0 Å². The zero-order valence-electron chi connectivity index (χ0n) is 12.3. The van der Waals surface area contributed by atoms with Gasteiger partial charge in [-0.3, -0.25) is 4.79 Å². The number of carbonyl (C=O) groups excluding carboxylic acids is 1. The molecule has 6 heteroatoms. The summed E-state index contributed by atoms with van der Waals surface area (Å²) in [6, 6.07) is 0. The minimum atomic E-state index is -0.114. The standard InChI is InChI=1S/C14H19N3O2S/c1-5-12-16-10(3)13(19-12)14(18)17(4)7-6-11-9(2)15-8-20-11/h8H,5-7H2,1-4H3. The Labute approximate surface area is 122 Å². The van der Waals surface area contributed by atoms with Crippen LogP contribution in [0.15, 0.2) is 9.93 Å². The minimum absolute atomic E-state index is 0.114. The molecule has 2 heterocycles. The Kier molecular flexibility index (Phi) is 4.54. The SMILES string of the molecule is CCc1nc(C)c(C(=O)N(C)CCc2scnc2C)o1. The van der Waals surface area contributed by atoms with Crippen molar-refractivity contribution in [3.05, 3.63) is 33.4 Å². The average molecular weight is 293 g/mol. The van der Waals surface area contributed by atoms with Gasteiger partial charge in [0.25, 0.3) is 5.91 Å². The fourth-order valence-corrected chi connectivity index (χ4v) is 2.68. The number of carbonyl (C=O) groups is 1. The zero-order valence-corrected chi connectivity index (χ0v) is 13.1. The van der Waals surface area contributed by atoms with E-state index in [0.717, 1.165) is 12.1 Å². The highest BCUT2D eigenvalue weighted by atomic mass is 32.1. The van der Waals surface area contributed by atoms with Crippen LogP contribution >= 0.6 is 11.3 Å². The van der Waals surface area contributed by atoms with E-state index in [1.807, 2.05) is 19.4 Å². The molecule has 0 bridgehead atoms.